The van der Waals surface area contributed by atoms with E-state index in [1.807, 2.05) is 12.1 Å². The van der Waals surface area contributed by atoms with Crippen LogP contribution in [0.5, 0.6) is 0 Å². The van der Waals surface area contributed by atoms with E-state index < -0.39 is 11.7 Å². The summed E-state index contributed by atoms with van der Waals surface area (Å²) in [5, 5.41) is 6.74. The van der Waals surface area contributed by atoms with Crippen LogP contribution >= 0.6 is 0 Å². The molecule has 1 aromatic heterocycles. The lowest BCUT2D eigenvalue weighted by atomic mass is 10.1. The van der Waals surface area contributed by atoms with Gasteiger partial charge in [0.1, 0.15) is 5.82 Å². The van der Waals surface area contributed by atoms with Gasteiger partial charge in [-0.3, -0.25) is 9.59 Å². The minimum absolute atomic E-state index is 0.0304. The number of fused-ring (bicyclic) bond motifs is 1. The summed E-state index contributed by atoms with van der Waals surface area (Å²) in [6.45, 7) is 3.21. The number of amides is 2. The highest BCUT2D eigenvalue weighted by atomic mass is 19.1. The topological polar surface area (TPSA) is 63.1 Å². The standard InChI is InChI=1S/C25H22FN3O2/c1-17-16-19-6-2-5-9-23(19)29(17)15-14-27-24(30)18-10-12-20(13-11-18)28-25(31)21-7-3-4-8-22(21)26/h2-13,16H,14-15H2,1H3,(H,27,30)(H,28,31). The van der Waals surface area contributed by atoms with E-state index in [1.165, 1.54) is 23.6 Å². The van der Waals surface area contributed by atoms with E-state index in [9.17, 15) is 14.0 Å². The number of carbonyl (C=O) groups excluding carboxylic acids is 2. The number of nitrogens with zero attached hydrogens (tertiary/aromatic N) is 1. The molecule has 0 saturated carbocycles. The number of aryl methyl sites for hydroxylation is 1. The molecule has 3 aromatic carbocycles. The molecule has 0 fully saturated rings. The van der Waals surface area contributed by atoms with Crippen LogP contribution in [-0.2, 0) is 6.54 Å². The number of halogens is 1. The summed E-state index contributed by atoms with van der Waals surface area (Å²) in [6.07, 6.45) is 0. The Hall–Kier alpha value is -3.93. The lowest BCUT2D eigenvalue weighted by molar-refractivity contribution is 0.0951. The van der Waals surface area contributed by atoms with Crippen LogP contribution in [0.3, 0.4) is 0 Å². The van der Waals surface area contributed by atoms with Crippen LogP contribution in [0.25, 0.3) is 10.9 Å². The van der Waals surface area contributed by atoms with Crippen molar-refractivity contribution in [3.8, 4) is 0 Å². The number of carbonyl (C=O) groups is 2. The lowest BCUT2D eigenvalue weighted by Crippen LogP contribution is -2.27. The molecular formula is C25H22FN3O2. The van der Waals surface area contributed by atoms with Gasteiger partial charge in [0.05, 0.1) is 5.56 Å². The second-order valence-electron chi connectivity index (χ2n) is 7.26. The molecular weight excluding hydrogens is 393 g/mol. The largest absolute Gasteiger partial charge is 0.350 e. The highest BCUT2D eigenvalue weighted by molar-refractivity contribution is 6.04. The van der Waals surface area contributed by atoms with Gasteiger partial charge in [0, 0.05) is 35.6 Å². The van der Waals surface area contributed by atoms with Crippen LogP contribution in [0, 0.1) is 12.7 Å². The summed E-state index contributed by atoms with van der Waals surface area (Å²) < 4.78 is 15.9. The second-order valence-corrected chi connectivity index (χ2v) is 7.26. The summed E-state index contributed by atoms with van der Waals surface area (Å²) in [5.74, 6) is -1.31. The van der Waals surface area contributed by atoms with Crippen LogP contribution in [0.4, 0.5) is 10.1 Å². The summed E-state index contributed by atoms with van der Waals surface area (Å²) >= 11 is 0. The Kier molecular flexibility index (Phi) is 5.80. The number of para-hydroxylation sites is 1. The first-order chi connectivity index (χ1) is 15.0. The highest BCUT2D eigenvalue weighted by Gasteiger charge is 2.12. The summed E-state index contributed by atoms with van der Waals surface area (Å²) in [6, 6.07) is 22.6. The molecule has 0 spiro atoms. The maximum Gasteiger partial charge on any atom is 0.258 e. The zero-order valence-corrected chi connectivity index (χ0v) is 17.1. The third-order valence-corrected chi connectivity index (χ3v) is 5.16. The predicted molar refractivity (Wildman–Crippen MR) is 120 cm³/mol. The molecule has 0 atom stereocenters. The smallest absolute Gasteiger partial charge is 0.258 e. The highest BCUT2D eigenvalue weighted by Crippen LogP contribution is 2.19. The molecule has 4 aromatic rings. The lowest BCUT2D eigenvalue weighted by Gasteiger charge is -2.10. The van der Waals surface area contributed by atoms with Gasteiger partial charge in [-0.25, -0.2) is 4.39 Å². The Balaban J connectivity index is 1.34. The van der Waals surface area contributed by atoms with Gasteiger partial charge >= 0.3 is 0 Å². The van der Waals surface area contributed by atoms with Gasteiger partial charge in [-0.2, -0.15) is 0 Å². The normalized spacial score (nSPS) is 10.8. The molecule has 31 heavy (non-hydrogen) atoms. The van der Waals surface area contributed by atoms with Gasteiger partial charge in [0.15, 0.2) is 0 Å². The molecule has 156 valence electrons. The molecule has 0 unspecified atom stereocenters. The third kappa shape index (κ3) is 4.48. The van der Waals surface area contributed by atoms with Crippen molar-refractivity contribution in [1.29, 1.82) is 0 Å². The van der Waals surface area contributed by atoms with Gasteiger partial charge in [0.2, 0.25) is 0 Å². The Morgan fingerprint density at radius 3 is 2.39 bits per heavy atom. The number of nitrogens with one attached hydrogen (secondary N) is 2. The summed E-state index contributed by atoms with van der Waals surface area (Å²) in [4.78, 5) is 24.7. The Bertz CT molecular complexity index is 1250. The minimum Gasteiger partial charge on any atom is -0.350 e. The molecule has 0 aliphatic carbocycles. The van der Waals surface area contributed by atoms with Crippen LogP contribution in [-0.4, -0.2) is 22.9 Å². The van der Waals surface area contributed by atoms with E-state index >= 15 is 0 Å². The first kappa shape index (κ1) is 20.3. The van der Waals surface area contributed by atoms with Crippen LogP contribution in [0.1, 0.15) is 26.4 Å². The zero-order chi connectivity index (χ0) is 21.8. The summed E-state index contributed by atoms with van der Waals surface area (Å²) in [7, 11) is 0. The Labute approximate surface area is 179 Å². The SMILES string of the molecule is Cc1cc2ccccc2n1CCNC(=O)c1ccc(NC(=O)c2ccccc2F)cc1. The quantitative estimate of drug-likeness (QED) is 0.476. The van der Waals surface area contributed by atoms with Gasteiger partial charge in [-0.15, -0.1) is 0 Å². The number of aromatic nitrogens is 1. The van der Waals surface area contributed by atoms with Gasteiger partial charge < -0.3 is 15.2 Å². The van der Waals surface area contributed by atoms with Gasteiger partial charge in [-0.1, -0.05) is 30.3 Å². The molecule has 5 nitrogen and oxygen atoms in total. The van der Waals surface area contributed by atoms with E-state index in [0.29, 0.717) is 24.3 Å². The van der Waals surface area contributed by atoms with E-state index in [4.69, 9.17) is 0 Å². The number of anilines is 1. The van der Waals surface area contributed by atoms with Crippen molar-refractivity contribution < 1.29 is 14.0 Å². The zero-order valence-electron chi connectivity index (χ0n) is 17.1. The molecule has 0 bridgehead atoms. The van der Waals surface area contributed by atoms with Crippen molar-refractivity contribution >= 4 is 28.4 Å². The molecule has 0 radical (unpaired) electrons. The van der Waals surface area contributed by atoms with Crippen molar-refractivity contribution in [3.05, 3.63) is 102 Å². The molecule has 0 aliphatic heterocycles. The first-order valence-electron chi connectivity index (χ1n) is 10.0. The second kappa shape index (κ2) is 8.83. The maximum atomic E-state index is 13.7. The van der Waals surface area contributed by atoms with Crippen LogP contribution in [0.2, 0.25) is 0 Å². The number of hydrogen-bond acceptors (Lipinski definition) is 2. The molecule has 4 rings (SSSR count). The monoisotopic (exact) mass is 415 g/mol. The number of benzene rings is 3. The van der Waals surface area contributed by atoms with Crippen molar-refractivity contribution in [1.82, 2.24) is 9.88 Å². The van der Waals surface area contributed by atoms with Crippen LogP contribution in [0.15, 0.2) is 78.9 Å². The van der Waals surface area contributed by atoms with E-state index in [1.54, 1.807) is 30.3 Å². The fraction of sp³-hybridized carbons (Fsp3) is 0.120. The van der Waals surface area contributed by atoms with E-state index in [0.717, 1.165) is 11.2 Å². The molecule has 0 aliphatic rings. The third-order valence-electron chi connectivity index (χ3n) is 5.16. The van der Waals surface area contributed by atoms with Gasteiger partial charge in [0.25, 0.3) is 11.8 Å². The predicted octanol–water partition coefficient (Wildman–Crippen LogP) is 4.77. The van der Waals surface area contributed by atoms with Crippen molar-refractivity contribution in [2.24, 2.45) is 0 Å². The average Bonchev–Trinajstić information content (AvgIpc) is 3.09. The van der Waals surface area contributed by atoms with Crippen molar-refractivity contribution in [2.45, 2.75) is 13.5 Å². The number of hydrogen-bond donors (Lipinski definition) is 2. The Morgan fingerprint density at radius 1 is 0.903 bits per heavy atom. The first-order valence-corrected chi connectivity index (χ1v) is 10.0. The van der Waals surface area contributed by atoms with E-state index in [-0.39, 0.29) is 11.5 Å². The fourth-order valence-electron chi connectivity index (χ4n) is 3.58. The number of rotatable bonds is 6. The minimum atomic E-state index is -0.582. The van der Waals surface area contributed by atoms with Crippen LogP contribution < -0.4 is 10.6 Å². The molecule has 6 heteroatoms. The molecule has 2 amide bonds. The molecule has 1 heterocycles. The van der Waals surface area contributed by atoms with E-state index in [2.05, 4.69) is 40.3 Å². The van der Waals surface area contributed by atoms with Gasteiger partial charge in [-0.05, 0) is 60.8 Å². The molecule has 0 saturated heterocycles. The van der Waals surface area contributed by atoms with Crippen molar-refractivity contribution in [2.75, 3.05) is 11.9 Å². The Morgan fingerprint density at radius 2 is 1.61 bits per heavy atom. The molecule has 2 N–H and O–H groups in total. The van der Waals surface area contributed by atoms with Crippen molar-refractivity contribution in [3.63, 3.8) is 0 Å². The summed E-state index contributed by atoms with van der Waals surface area (Å²) in [5.41, 5.74) is 3.23. The fourth-order valence-corrected chi connectivity index (χ4v) is 3.58. The average molecular weight is 415 g/mol. The maximum absolute atomic E-state index is 13.7.